The van der Waals surface area contributed by atoms with E-state index in [0.717, 1.165) is 23.9 Å². The Morgan fingerprint density at radius 2 is 1.81 bits per heavy atom. The third-order valence-corrected chi connectivity index (χ3v) is 6.17. The smallest absolute Gasteiger partial charge is 0.260 e. The second-order valence-corrected chi connectivity index (χ2v) is 9.56. The normalized spacial score (nSPS) is 11.5. The Labute approximate surface area is 189 Å². The summed E-state index contributed by atoms with van der Waals surface area (Å²) in [4.78, 5) is 22.7. The van der Waals surface area contributed by atoms with E-state index in [1.165, 1.54) is 23.2 Å². The number of halogens is 2. The molecule has 6 nitrogen and oxygen atoms in total. The number of nitrogens with zero attached hydrogens (tertiary/aromatic N) is 3. The van der Waals surface area contributed by atoms with Gasteiger partial charge in [-0.15, -0.1) is 0 Å². The fourth-order valence-electron chi connectivity index (χ4n) is 3.36. The second kappa shape index (κ2) is 8.64. The topological polar surface area (TPSA) is 80.2 Å². The first-order valence-corrected chi connectivity index (χ1v) is 11.8. The van der Waals surface area contributed by atoms with Crippen molar-refractivity contribution in [2.75, 3.05) is 11.2 Å². The molecule has 0 unspecified atom stereocenters. The third-order valence-electron chi connectivity index (χ3n) is 4.82. The quantitative estimate of drug-likeness (QED) is 0.397. The first-order valence-electron chi connectivity index (χ1n) is 9.49. The molecule has 9 heteroatoms. The molecule has 2 aromatic carbocycles. The summed E-state index contributed by atoms with van der Waals surface area (Å²) in [7, 11) is -3.65. The van der Waals surface area contributed by atoms with Crippen LogP contribution >= 0.6 is 11.6 Å². The molecule has 0 bridgehead atoms. The summed E-state index contributed by atoms with van der Waals surface area (Å²) in [5.74, 6) is -1.26. The number of sulfone groups is 1. The van der Waals surface area contributed by atoms with Crippen LogP contribution in [0, 0.1) is 5.82 Å². The van der Waals surface area contributed by atoms with Crippen LogP contribution in [-0.4, -0.2) is 30.5 Å². The summed E-state index contributed by atoms with van der Waals surface area (Å²) in [5, 5.41) is 1.19. The van der Waals surface area contributed by atoms with Gasteiger partial charge in [-0.25, -0.2) is 17.8 Å². The van der Waals surface area contributed by atoms with Crippen molar-refractivity contribution in [3.63, 3.8) is 0 Å². The number of carbonyl (C=O) groups excluding carboxylic acids is 1. The lowest BCUT2D eigenvalue weighted by Gasteiger charge is -2.25. The van der Waals surface area contributed by atoms with E-state index in [2.05, 4.69) is 9.97 Å². The van der Waals surface area contributed by atoms with Gasteiger partial charge in [-0.05, 0) is 42.0 Å². The standard InChI is InChI=1S/C23H17ClFN3O3S/c1-32(30,31)21-5-3-2-4-20(21)28(23(29)17-11-18(25)13-26-12-17)14-15-6-7-16-8-9-22(24)27-19(16)10-15/h2-13H,14H2,1H3. The highest BCUT2D eigenvalue weighted by Gasteiger charge is 2.25. The number of pyridine rings is 2. The predicted molar refractivity (Wildman–Crippen MR) is 121 cm³/mol. The van der Waals surface area contributed by atoms with Gasteiger partial charge in [-0.3, -0.25) is 9.78 Å². The predicted octanol–water partition coefficient (Wildman–Crippen LogP) is 4.67. The van der Waals surface area contributed by atoms with Gasteiger partial charge in [-0.2, -0.15) is 0 Å². The molecule has 0 aliphatic heterocycles. The Kier molecular flexibility index (Phi) is 5.90. The number of amides is 1. The summed E-state index contributed by atoms with van der Waals surface area (Å²) in [6.07, 6.45) is 3.30. The van der Waals surface area contributed by atoms with E-state index in [-0.39, 0.29) is 22.7 Å². The van der Waals surface area contributed by atoms with Gasteiger partial charge < -0.3 is 4.90 Å². The fraction of sp³-hybridized carbons (Fsp3) is 0.0870. The lowest BCUT2D eigenvalue weighted by molar-refractivity contribution is 0.0984. The van der Waals surface area contributed by atoms with Crippen LogP contribution < -0.4 is 4.90 Å². The zero-order valence-electron chi connectivity index (χ0n) is 16.9. The number of para-hydroxylation sites is 1. The Hall–Kier alpha value is -3.36. The van der Waals surface area contributed by atoms with E-state index in [1.807, 2.05) is 18.2 Å². The van der Waals surface area contributed by atoms with Gasteiger partial charge in [0, 0.05) is 17.8 Å². The lowest BCUT2D eigenvalue weighted by Crippen LogP contribution is -2.31. The van der Waals surface area contributed by atoms with Crippen molar-refractivity contribution in [1.29, 1.82) is 0 Å². The molecule has 0 fully saturated rings. The maximum Gasteiger partial charge on any atom is 0.260 e. The van der Waals surface area contributed by atoms with E-state index in [9.17, 15) is 17.6 Å². The van der Waals surface area contributed by atoms with E-state index < -0.39 is 21.6 Å². The molecule has 0 saturated heterocycles. The Balaban J connectivity index is 1.84. The summed E-state index contributed by atoms with van der Waals surface area (Å²) in [6, 6.07) is 16.2. The summed E-state index contributed by atoms with van der Waals surface area (Å²) >= 11 is 6.00. The summed E-state index contributed by atoms with van der Waals surface area (Å²) in [5.41, 5.74) is 1.50. The van der Waals surface area contributed by atoms with E-state index in [0.29, 0.717) is 16.2 Å². The average molecular weight is 470 g/mol. The molecule has 0 N–H and O–H groups in total. The molecular formula is C23H17ClFN3O3S. The molecule has 1 amide bonds. The van der Waals surface area contributed by atoms with Gasteiger partial charge in [0.05, 0.1) is 34.4 Å². The second-order valence-electron chi connectivity index (χ2n) is 7.18. The number of carbonyl (C=O) groups is 1. The van der Waals surface area contributed by atoms with Crippen molar-refractivity contribution in [3.8, 4) is 0 Å². The maximum absolute atomic E-state index is 13.8. The van der Waals surface area contributed by atoms with Crippen molar-refractivity contribution in [3.05, 3.63) is 95.2 Å². The van der Waals surface area contributed by atoms with Crippen LogP contribution in [0.1, 0.15) is 15.9 Å². The van der Waals surface area contributed by atoms with E-state index >= 15 is 0 Å². The van der Waals surface area contributed by atoms with Crippen molar-refractivity contribution >= 4 is 43.9 Å². The molecule has 32 heavy (non-hydrogen) atoms. The minimum absolute atomic E-state index is 0.00439. The van der Waals surface area contributed by atoms with E-state index in [1.54, 1.807) is 24.3 Å². The monoisotopic (exact) mass is 469 g/mol. The molecule has 0 spiro atoms. The van der Waals surface area contributed by atoms with Crippen molar-refractivity contribution in [1.82, 2.24) is 9.97 Å². The van der Waals surface area contributed by atoms with Crippen LogP contribution in [0.25, 0.3) is 10.9 Å². The van der Waals surface area contributed by atoms with Crippen LogP contribution in [0.3, 0.4) is 0 Å². The number of benzene rings is 2. The first kappa shape index (κ1) is 21.9. The number of aromatic nitrogens is 2. The molecule has 0 atom stereocenters. The Morgan fingerprint density at radius 3 is 2.56 bits per heavy atom. The van der Waals surface area contributed by atoms with Crippen molar-refractivity contribution in [2.24, 2.45) is 0 Å². The fourth-order valence-corrected chi connectivity index (χ4v) is 4.40. The van der Waals surface area contributed by atoms with Crippen LogP contribution in [0.15, 0.2) is 78.0 Å². The van der Waals surface area contributed by atoms with Gasteiger partial charge in [0.25, 0.3) is 5.91 Å². The van der Waals surface area contributed by atoms with Crippen LogP contribution in [-0.2, 0) is 16.4 Å². The highest BCUT2D eigenvalue weighted by atomic mass is 35.5. The molecule has 4 aromatic rings. The van der Waals surface area contributed by atoms with Gasteiger partial charge in [-0.1, -0.05) is 35.9 Å². The molecule has 0 aliphatic rings. The summed E-state index contributed by atoms with van der Waals surface area (Å²) < 4.78 is 38.6. The molecule has 0 radical (unpaired) electrons. The highest BCUT2D eigenvalue weighted by Crippen LogP contribution is 2.29. The third kappa shape index (κ3) is 4.61. The molecule has 0 aliphatic carbocycles. The van der Waals surface area contributed by atoms with Crippen molar-refractivity contribution in [2.45, 2.75) is 11.4 Å². The minimum atomic E-state index is -3.65. The first-order chi connectivity index (χ1) is 15.2. The van der Waals surface area contributed by atoms with Crippen LogP contribution in [0.5, 0.6) is 0 Å². The Morgan fingerprint density at radius 1 is 1.06 bits per heavy atom. The molecule has 162 valence electrons. The molecule has 2 aromatic heterocycles. The van der Waals surface area contributed by atoms with Gasteiger partial charge in [0.1, 0.15) is 11.0 Å². The zero-order valence-corrected chi connectivity index (χ0v) is 18.4. The number of anilines is 1. The summed E-state index contributed by atoms with van der Waals surface area (Å²) in [6.45, 7) is 0.0199. The lowest BCUT2D eigenvalue weighted by atomic mass is 10.1. The van der Waals surface area contributed by atoms with Crippen molar-refractivity contribution < 1.29 is 17.6 Å². The Bertz CT molecular complexity index is 1440. The number of rotatable bonds is 5. The zero-order chi connectivity index (χ0) is 22.9. The molecule has 4 rings (SSSR count). The van der Waals surface area contributed by atoms with E-state index in [4.69, 9.17) is 11.6 Å². The number of hydrogen-bond acceptors (Lipinski definition) is 5. The van der Waals surface area contributed by atoms with Crippen LogP contribution in [0.4, 0.5) is 10.1 Å². The largest absolute Gasteiger partial charge is 0.303 e. The molecule has 2 heterocycles. The molecular weight excluding hydrogens is 453 g/mol. The highest BCUT2D eigenvalue weighted by molar-refractivity contribution is 7.90. The average Bonchev–Trinajstić information content (AvgIpc) is 2.76. The van der Waals surface area contributed by atoms with Gasteiger partial charge in [0.15, 0.2) is 9.84 Å². The van der Waals surface area contributed by atoms with Crippen LogP contribution in [0.2, 0.25) is 5.15 Å². The number of hydrogen-bond donors (Lipinski definition) is 0. The molecule has 0 saturated carbocycles. The maximum atomic E-state index is 13.8. The van der Waals surface area contributed by atoms with Gasteiger partial charge >= 0.3 is 0 Å². The minimum Gasteiger partial charge on any atom is -0.303 e. The number of fused-ring (bicyclic) bond motifs is 1. The SMILES string of the molecule is CS(=O)(=O)c1ccccc1N(Cc1ccc2ccc(Cl)nc2c1)C(=O)c1cncc(F)c1. The van der Waals surface area contributed by atoms with Gasteiger partial charge in [0.2, 0.25) is 0 Å².